The van der Waals surface area contributed by atoms with Crippen LogP contribution in [0.3, 0.4) is 0 Å². The van der Waals surface area contributed by atoms with Crippen molar-refractivity contribution in [3.8, 4) is 0 Å². The molecule has 1 unspecified atom stereocenters. The Labute approximate surface area is 123 Å². The van der Waals surface area contributed by atoms with E-state index in [1.807, 2.05) is 6.20 Å². The molecule has 0 saturated heterocycles. The van der Waals surface area contributed by atoms with Crippen molar-refractivity contribution in [2.75, 3.05) is 6.54 Å². The first-order chi connectivity index (χ1) is 9.85. The summed E-state index contributed by atoms with van der Waals surface area (Å²) in [5, 5.41) is 12.1. The molecule has 20 heavy (non-hydrogen) atoms. The Hall–Kier alpha value is -0.900. The lowest BCUT2D eigenvalue weighted by Crippen LogP contribution is -2.27. The maximum absolute atomic E-state index is 4.25. The van der Waals surface area contributed by atoms with Gasteiger partial charge in [-0.05, 0) is 31.7 Å². The van der Waals surface area contributed by atoms with Crippen LogP contribution in [0.15, 0.2) is 6.20 Å². The summed E-state index contributed by atoms with van der Waals surface area (Å²) in [7, 11) is 0. The van der Waals surface area contributed by atoms with E-state index in [0.29, 0.717) is 6.04 Å². The monoisotopic (exact) mass is 278 g/mol. The zero-order valence-corrected chi connectivity index (χ0v) is 13.1. The van der Waals surface area contributed by atoms with Gasteiger partial charge in [-0.15, -0.1) is 5.10 Å². The molecule has 0 radical (unpaired) electrons. The standard InChI is InChI=1S/C16H30N4/c1-3-10-17-15(12-14-8-6-5-7-9-14)16-13-18-19-20(16)11-4-2/h13-15,17H,3-12H2,1-2H3. The lowest BCUT2D eigenvalue weighted by atomic mass is 9.84. The number of nitrogens with zero attached hydrogens (tertiary/aromatic N) is 3. The zero-order valence-electron chi connectivity index (χ0n) is 13.1. The van der Waals surface area contributed by atoms with Crippen LogP contribution < -0.4 is 5.32 Å². The van der Waals surface area contributed by atoms with Crippen molar-refractivity contribution in [3.63, 3.8) is 0 Å². The van der Waals surface area contributed by atoms with Crippen molar-refractivity contribution >= 4 is 0 Å². The molecule has 1 aromatic rings. The van der Waals surface area contributed by atoms with Crippen molar-refractivity contribution < 1.29 is 0 Å². The molecule has 0 aliphatic heterocycles. The Morgan fingerprint density at radius 2 is 2.05 bits per heavy atom. The van der Waals surface area contributed by atoms with E-state index in [9.17, 15) is 0 Å². The van der Waals surface area contributed by atoms with E-state index in [-0.39, 0.29) is 0 Å². The van der Waals surface area contributed by atoms with E-state index in [1.54, 1.807) is 0 Å². The van der Waals surface area contributed by atoms with Crippen LogP contribution in [0.1, 0.15) is 76.9 Å². The second-order valence-corrected chi connectivity index (χ2v) is 6.13. The highest BCUT2D eigenvalue weighted by Crippen LogP contribution is 2.31. The first kappa shape index (κ1) is 15.5. The highest BCUT2D eigenvalue weighted by Gasteiger charge is 2.22. The number of aromatic nitrogens is 3. The molecule has 1 fully saturated rings. The molecule has 1 aliphatic rings. The Balaban J connectivity index is 2.02. The fourth-order valence-electron chi connectivity index (χ4n) is 3.30. The van der Waals surface area contributed by atoms with Gasteiger partial charge in [0.25, 0.3) is 0 Å². The van der Waals surface area contributed by atoms with Gasteiger partial charge in [0.15, 0.2) is 0 Å². The van der Waals surface area contributed by atoms with Gasteiger partial charge in [0.05, 0.1) is 17.9 Å². The summed E-state index contributed by atoms with van der Waals surface area (Å²) in [5.74, 6) is 0.878. The van der Waals surface area contributed by atoms with Crippen LogP contribution >= 0.6 is 0 Å². The van der Waals surface area contributed by atoms with Crippen molar-refractivity contribution in [2.24, 2.45) is 5.92 Å². The van der Waals surface area contributed by atoms with Gasteiger partial charge in [0, 0.05) is 6.54 Å². The highest BCUT2D eigenvalue weighted by atomic mass is 15.4. The minimum Gasteiger partial charge on any atom is -0.309 e. The fraction of sp³-hybridized carbons (Fsp3) is 0.875. The van der Waals surface area contributed by atoms with Crippen LogP contribution in [0.25, 0.3) is 0 Å². The van der Waals surface area contributed by atoms with Crippen molar-refractivity contribution in [3.05, 3.63) is 11.9 Å². The summed E-state index contributed by atoms with van der Waals surface area (Å²) in [6.07, 6.45) is 12.6. The van der Waals surface area contributed by atoms with Gasteiger partial charge >= 0.3 is 0 Å². The molecule has 1 saturated carbocycles. The van der Waals surface area contributed by atoms with Crippen LogP contribution in [0.5, 0.6) is 0 Å². The molecular weight excluding hydrogens is 248 g/mol. The topological polar surface area (TPSA) is 42.7 Å². The summed E-state index contributed by atoms with van der Waals surface area (Å²) in [6, 6.07) is 0.430. The minimum absolute atomic E-state index is 0.430. The predicted molar refractivity (Wildman–Crippen MR) is 82.5 cm³/mol. The normalized spacial score (nSPS) is 18.3. The fourth-order valence-corrected chi connectivity index (χ4v) is 3.30. The molecule has 1 atom stereocenters. The van der Waals surface area contributed by atoms with Crippen molar-refractivity contribution in [1.82, 2.24) is 20.3 Å². The van der Waals surface area contributed by atoms with E-state index in [4.69, 9.17) is 0 Å². The van der Waals surface area contributed by atoms with Crippen LogP contribution in [0.2, 0.25) is 0 Å². The first-order valence-corrected chi connectivity index (χ1v) is 8.46. The first-order valence-electron chi connectivity index (χ1n) is 8.46. The van der Waals surface area contributed by atoms with Gasteiger partial charge in [0.1, 0.15) is 0 Å². The molecule has 0 aromatic carbocycles. The molecular formula is C16H30N4. The quantitative estimate of drug-likeness (QED) is 0.788. The number of hydrogen-bond acceptors (Lipinski definition) is 3. The largest absolute Gasteiger partial charge is 0.309 e. The number of nitrogens with one attached hydrogen (secondary N) is 1. The second kappa shape index (κ2) is 8.40. The molecule has 4 heteroatoms. The van der Waals surface area contributed by atoms with Gasteiger partial charge in [-0.3, -0.25) is 0 Å². The molecule has 0 bridgehead atoms. The lowest BCUT2D eigenvalue weighted by Gasteiger charge is -2.27. The summed E-state index contributed by atoms with van der Waals surface area (Å²) in [5.41, 5.74) is 1.28. The Morgan fingerprint density at radius 3 is 2.75 bits per heavy atom. The molecule has 1 aromatic heterocycles. The average molecular weight is 278 g/mol. The van der Waals surface area contributed by atoms with Gasteiger partial charge in [-0.25, -0.2) is 4.68 Å². The van der Waals surface area contributed by atoms with Crippen LogP contribution in [0.4, 0.5) is 0 Å². The van der Waals surface area contributed by atoms with Crippen LogP contribution in [-0.2, 0) is 6.54 Å². The predicted octanol–water partition coefficient (Wildman–Crippen LogP) is 3.70. The summed E-state index contributed by atoms with van der Waals surface area (Å²) < 4.78 is 2.09. The third-order valence-electron chi connectivity index (χ3n) is 4.37. The van der Waals surface area contributed by atoms with Gasteiger partial charge in [0.2, 0.25) is 0 Å². The average Bonchev–Trinajstić information content (AvgIpc) is 2.93. The van der Waals surface area contributed by atoms with E-state index in [2.05, 4.69) is 34.2 Å². The molecule has 0 amide bonds. The van der Waals surface area contributed by atoms with E-state index >= 15 is 0 Å². The minimum atomic E-state index is 0.430. The SMILES string of the molecule is CCCNC(CC1CCCCC1)c1cnnn1CCC. The molecule has 114 valence electrons. The van der Waals surface area contributed by atoms with Crippen LogP contribution in [0, 0.1) is 5.92 Å². The smallest absolute Gasteiger partial charge is 0.0756 e. The molecule has 0 spiro atoms. The highest BCUT2D eigenvalue weighted by molar-refractivity contribution is 5.03. The second-order valence-electron chi connectivity index (χ2n) is 6.13. The van der Waals surface area contributed by atoms with Crippen molar-refractivity contribution in [1.29, 1.82) is 0 Å². The Kier molecular flexibility index (Phi) is 6.51. The maximum atomic E-state index is 4.25. The number of aryl methyl sites for hydroxylation is 1. The van der Waals surface area contributed by atoms with Gasteiger partial charge in [-0.2, -0.15) is 0 Å². The van der Waals surface area contributed by atoms with E-state index in [0.717, 1.165) is 25.4 Å². The summed E-state index contributed by atoms with van der Waals surface area (Å²) in [6.45, 7) is 6.48. The Morgan fingerprint density at radius 1 is 1.25 bits per heavy atom. The van der Waals surface area contributed by atoms with Gasteiger partial charge < -0.3 is 5.32 Å². The molecule has 4 nitrogen and oxygen atoms in total. The lowest BCUT2D eigenvalue weighted by molar-refractivity contribution is 0.292. The zero-order chi connectivity index (χ0) is 14.2. The summed E-state index contributed by atoms with van der Waals surface area (Å²) in [4.78, 5) is 0. The third kappa shape index (κ3) is 4.30. The van der Waals surface area contributed by atoms with E-state index in [1.165, 1.54) is 50.6 Å². The molecule has 1 aliphatic carbocycles. The Bertz CT molecular complexity index is 368. The van der Waals surface area contributed by atoms with Gasteiger partial charge in [-0.1, -0.05) is 51.2 Å². The maximum Gasteiger partial charge on any atom is 0.0756 e. The number of rotatable bonds is 8. The van der Waals surface area contributed by atoms with Crippen LogP contribution in [-0.4, -0.2) is 21.5 Å². The summed E-state index contributed by atoms with van der Waals surface area (Å²) >= 11 is 0. The van der Waals surface area contributed by atoms with E-state index < -0.39 is 0 Å². The molecule has 1 heterocycles. The van der Waals surface area contributed by atoms with Crippen molar-refractivity contribution in [2.45, 2.75) is 77.8 Å². The third-order valence-corrected chi connectivity index (χ3v) is 4.37. The molecule has 1 N–H and O–H groups in total. The molecule has 2 rings (SSSR count). The number of hydrogen-bond donors (Lipinski definition) is 1.